The fraction of sp³-hybridized carbons (Fsp3) is 0.250. The fourth-order valence-electron chi connectivity index (χ4n) is 0.754. The maximum Gasteiger partial charge on any atom is 0.186 e. The first-order chi connectivity index (χ1) is 6.63. The van der Waals surface area contributed by atoms with Gasteiger partial charge in [-0.1, -0.05) is 11.6 Å². The molecule has 0 atom stereocenters. The van der Waals surface area contributed by atoms with Crippen LogP contribution in [0.4, 0.5) is 0 Å². The molecule has 0 saturated heterocycles. The first-order valence-electron chi connectivity index (χ1n) is 3.91. The number of thiophene rings is 1. The zero-order valence-electron chi connectivity index (χ0n) is 7.80. The van der Waals surface area contributed by atoms with E-state index in [1.807, 2.05) is 19.1 Å². The Morgan fingerprint density at radius 1 is 1.57 bits per heavy atom. The highest BCUT2D eigenvalue weighted by Crippen LogP contribution is 2.21. The minimum Gasteiger partial charge on any atom is -0.364 e. The molecule has 1 aromatic rings. The minimum absolute atomic E-state index is 0.493. The highest BCUT2D eigenvalue weighted by Gasteiger charge is 2.01. The summed E-state index contributed by atoms with van der Waals surface area (Å²) < 4.78 is 0.755. The van der Waals surface area contributed by atoms with Crippen LogP contribution in [0, 0.1) is 0 Å². The summed E-state index contributed by atoms with van der Waals surface area (Å²) in [5, 5.41) is 7.35. The van der Waals surface area contributed by atoms with Gasteiger partial charge in [0.15, 0.2) is 5.11 Å². The third-order valence-electron chi connectivity index (χ3n) is 1.48. The lowest BCUT2D eigenvalue weighted by Crippen LogP contribution is -2.29. The monoisotopic (exact) mass is 247 g/mol. The van der Waals surface area contributed by atoms with Crippen LogP contribution in [0.5, 0.6) is 0 Å². The molecular weight excluding hydrogens is 238 g/mol. The molecule has 0 radical (unpaired) electrons. The highest BCUT2D eigenvalue weighted by atomic mass is 35.5. The predicted octanol–water partition coefficient (Wildman–Crippen LogP) is 2.22. The van der Waals surface area contributed by atoms with Crippen molar-refractivity contribution in [1.29, 1.82) is 0 Å². The normalized spacial score (nSPS) is 11.2. The standard InChI is InChI=1S/C8H10ClN3S2/c1-5(11-12-8(13)10-2)6-3-4-7(9)14-6/h3-4H,1-2H3,(H2,10,12,13)/b11-5+. The van der Waals surface area contributed by atoms with Gasteiger partial charge in [0.1, 0.15) is 0 Å². The molecule has 0 fully saturated rings. The summed E-state index contributed by atoms with van der Waals surface area (Å²) in [5.41, 5.74) is 3.57. The molecule has 1 aromatic heterocycles. The number of nitrogens with zero attached hydrogens (tertiary/aromatic N) is 1. The Morgan fingerprint density at radius 3 is 2.79 bits per heavy atom. The van der Waals surface area contributed by atoms with E-state index in [-0.39, 0.29) is 0 Å². The van der Waals surface area contributed by atoms with Crippen LogP contribution in [-0.4, -0.2) is 17.9 Å². The molecule has 1 rings (SSSR count). The smallest absolute Gasteiger partial charge is 0.186 e. The second-order valence-corrected chi connectivity index (χ2v) is 4.62. The summed E-state index contributed by atoms with van der Waals surface area (Å²) in [6.45, 7) is 1.90. The van der Waals surface area contributed by atoms with E-state index >= 15 is 0 Å². The fourth-order valence-corrected chi connectivity index (χ4v) is 1.79. The Labute approximate surface area is 97.2 Å². The molecule has 0 unspecified atom stereocenters. The van der Waals surface area contributed by atoms with E-state index in [1.54, 1.807) is 7.05 Å². The third kappa shape index (κ3) is 3.25. The lowest BCUT2D eigenvalue weighted by molar-refractivity contribution is 0.975. The summed E-state index contributed by atoms with van der Waals surface area (Å²) in [6, 6.07) is 3.77. The van der Waals surface area contributed by atoms with E-state index in [1.165, 1.54) is 11.3 Å². The first-order valence-corrected chi connectivity index (χ1v) is 5.51. The van der Waals surface area contributed by atoms with Gasteiger partial charge in [-0.25, -0.2) is 0 Å². The molecule has 0 amide bonds. The van der Waals surface area contributed by atoms with E-state index in [2.05, 4.69) is 15.8 Å². The van der Waals surface area contributed by atoms with Crippen LogP contribution in [0.15, 0.2) is 17.2 Å². The van der Waals surface area contributed by atoms with E-state index in [4.69, 9.17) is 23.8 Å². The Hall–Kier alpha value is -0.650. The SMILES string of the molecule is CNC(=S)N/N=C(\C)c1ccc(Cl)s1. The quantitative estimate of drug-likeness (QED) is 0.478. The Kier molecular flexibility index (Phi) is 4.31. The van der Waals surface area contributed by atoms with Crippen molar-refractivity contribution in [3.63, 3.8) is 0 Å². The average molecular weight is 248 g/mol. The minimum atomic E-state index is 0.493. The number of hydrazone groups is 1. The maximum atomic E-state index is 5.80. The molecule has 6 heteroatoms. The number of nitrogens with one attached hydrogen (secondary N) is 2. The van der Waals surface area contributed by atoms with Crippen molar-refractivity contribution in [2.24, 2.45) is 5.10 Å². The van der Waals surface area contributed by atoms with Crippen LogP contribution >= 0.6 is 35.2 Å². The van der Waals surface area contributed by atoms with Gasteiger partial charge in [-0.15, -0.1) is 11.3 Å². The van der Waals surface area contributed by atoms with Crippen molar-refractivity contribution in [3.05, 3.63) is 21.3 Å². The molecule has 3 nitrogen and oxygen atoms in total. The predicted molar refractivity (Wildman–Crippen MR) is 66.3 cm³/mol. The molecule has 0 aliphatic heterocycles. The van der Waals surface area contributed by atoms with Gasteiger partial charge < -0.3 is 5.32 Å². The number of hydrogen-bond donors (Lipinski definition) is 2. The topological polar surface area (TPSA) is 36.4 Å². The maximum absolute atomic E-state index is 5.80. The zero-order valence-corrected chi connectivity index (χ0v) is 10.2. The summed E-state index contributed by atoms with van der Waals surface area (Å²) in [4.78, 5) is 1.03. The molecule has 0 aliphatic rings. The second kappa shape index (κ2) is 5.29. The van der Waals surface area contributed by atoms with Crippen molar-refractivity contribution < 1.29 is 0 Å². The van der Waals surface area contributed by atoms with E-state index in [9.17, 15) is 0 Å². The Balaban J connectivity index is 2.65. The van der Waals surface area contributed by atoms with Crippen LogP contribution in [0.25, 0.3) is 0 Å². The third-order valence-corrected chi connectivity index (χ3v) is 3.12. The number of thiocarbonyl (C=S) groups is 1. The van der Waals surface area contributed by atoms with Crippen molar-refractivity contribution in [1.82, 2.24) is 10.7 Å². The molecule has 1 heterocycles. The van der Waals surface area contributed by atoms with Gasteiger partial charge in [0.25, 0.3) is 0 Å². The molecule has 0 aliphatic carbocycles. The van der Waals surface area contributed by atoms with Crippen LogP contribution in [0.2, 0.25) is 4.34 Å². The second-order valence-electron chi connectivity index (χ2n) is 2.49. The van der Waals surface area contributed by atoms with Crippen LogP contribution in [0.1, 0.15) is 11.8 Å². The van der Waals surface area contributed by atoms with Gasteiger partial charge in [0.2, 0.25) is 0 Å². The average Bonchev–Trinajstić information content (AvgIpc) is 2.60. The summed E-state index contributed by atoms with van der Waals surface area (Å²) in [6.07, 6.45) is 0. The van der Waals surface area contributed by atoms with Gasteiger partial charge in [0.05, 0.1) is 14.9 Å². The molecule has 14 heavy (non-hydrogen) atoms. The van der Waals surface area contributed by atoms with E-state index in [0.717, 1.165) is 14.9 Å². The Morgan fingerprint density at radius 2 is 2.29 bits per heavy atom. The van der Waals surface area contributed by atoms with Gasteiger partial charge in [-0.3, -0.25) is 5.43 Å². The molecule has 0 spiro atoms. The number of rotatable bonds is 2. The van der Waals surface area contributed by atoms with Gasteiger partial charge in [-0.2, -0.15) is 5.10 Å². The van der Waals surface area contributed by atoms with E-state index in [0.29, 0.717) is 5.11 Å². The van der Waals surface area contributed by atoms with Crippen LogP contribution < -0.4 is 10.7 Å². The van der Waals surface area contributed by atoms with E-state index < -0.39 is 0 Å². The highest BCUT2D eigenvalue weighted by molar-refractivity contribution is 7.80. The van der Waals surface area contributed by atoms with Gasteiger partial charge in [0, 0.05) is 7.05 Å². The Bertz CT molecular complexity index is 359. The van der Waals surface area contributed by atoms with Crippen molar-refractivity contribution >= 4 is 46.0 Å². The summed E-state index contributed by atoms with van der Waals surface area (Å²) in [7, 11) is 1.74. The summed E-state index contributed by atoms with van der Waals surface area (Å²) in [5.74, 6) is 0. The number of halogens is 1. The molecule has 0 aromatic carbocycles. The van der Waals surface area contributed by atoms with Crippen molar-refractivity contribution in [3.8, 4) is 0 Å². The lowest BCUT2D eigenvalue weighted by Gasteiger charge is -2.01. The van der Waals surface area contributed by atoms with Gasteiger partial charge in [-0.05, 0) is 31.3 Å². The number of hydrogen-bond acceptors (Lipinski definition) is 3. The van der Waals surface area contributed by atoms with Crippen LogP contribution in [-0.2, 0) is 0 Å². The summed E-state index contributed by atoms with van der Waals surface area (Å²) >= 11 is 12.2. The molecular formula is C8H10ClN3S2. The van der Waals surface area contributed by atoms with Crippen molar-refractivity contribution in [2.45, 2.75) is 6.92 Å². The molecule has 76 valence electrons. The molecule has 0 bridgehead atoms. The van der Waals surface area contributed by atoms with Gasteiger partial charge >= 0.3 is 0 Å². The molecule has 2 N–H and O–H groups in total. The zero-order chi connectivity index (χ0) is 10.6. The lowest BCUT2D eigenvalue weighted by atomic mass is 10.3. The van der Waals surface area contributed by atoms with Crippen LogP contribution in [0.3, 0.4) is 0 Å². The first kappa shape index (κ1) is 11.4. The largest absolute Gasteiger partial charge is 0.364 e. The molecule has 0 saturated carbocycles. The van der Waals surface area contributed by atoms with Crippen molar-refractivity contribution in [2.75, 3.05) is 7.05 Å².